The van der Waals surface area contributed by atoms with E-state index < -0.39 is 0 Å². The molecule has 3 fully saturated rings. The van der Waals surface area contributed by atoms with Crippen molar-refractivity contribution in [1.82, 2.24) is 10.0 Å². The molecule has 0 aromatic carbocycles. The van der Waals surface area contributed by atoms with Crippen molar-refractivity contribution in [2.45, 2.75) is 76.9 Å². The van der Waals surface area contributed by atoms with Crippen molar-refractivity contribution < 1.29 is 14.1 Å². The van der Waals surface area contributed by atoms with Crippen molar-refractivity contribution in [2.75, 3.05) is 0 Å². The fourth-order valence-electron chi connectivity index (χ4n) is 4.29. The van der Waals surface area contributed by atoms with Crippen molar-refractivity contribution in [3.8, 4) is 0 Å². The first-order valence-corrected chi connectivity index (χ1v) is 8.95. The van der Waals surface area contributed by atoms with E-state index in [0.29, 0.717) is 18.1 Å². The summed E-state index contributed by atoms with van der Waals surface area (Å²) >= 11 is 0. The van der Waals surface area contributed by atoms with Crippen molar-refractivity contribution in [1.29, 1.82) is 0 Å². The molecule has 1 aliphatic carbocycles. The quantitative estimate of drug-likeness (QED) is 0.450. The summed E-state index contributed by atoms with van der Waals surface area (Å²) in [5.41, 5.74) is 0.345. The molecule has 0 aromatic rings. The number of hydrogen-bond donors (Lipinski definition) is 0. The summed E-state index contributed by atoms with van der Waals surface area (Å²) in [6, 6.07) is 1.02. The number of rotatable bonds is 3. The van der Waals surface area contributed by atoms with E-state index in [1.165, 1.54) is 0 Å². The van der Waals surface area contributed by atoms with Gasteiger partial charge in [-0.1, -0.05) is 18.2 Å². The largest absolute Gasteiger partial charge is 0.494 e. The third kappa shape index (κ3) is 2.13. The van der Waals surface area contributed by atoms with Crippen molar-refractivity contribution in [3.05, 3.63) is 23.7 Å². The van der Waals surface area contributed by atoms with Crippen LogP contribution in [0.5, 0.6) is 0 Å². The number of hydrazine groups is 1. The van der Waals surface area contributed by atoms with Gasteiger partial charge < -0.3 is 14.1 Å². The lowest BCUT2D eigenvalue weighted by atomic mass is 9.76. The van der Waals surface area contributed by atoms with Crippen LogP contribution < -0.4 is 0 Å². The lowest BCUT2D eigenvalue weighted by Crippen LogP contribution is -2.45. The Morgan fingerprint density at radius 3 is 2.38 bits per heavy atom. The molecule has 5 atom stereocenters. The highest BCUT2D eigenvalue weighted by atomic mass is 16.7. The maximum Gasteiger partial charge on any atom is 0.494 e. The first kappa shape index (κ1) is 16.5. The Kier molecular flexibility index (Phi) is 3.47. The molecule has 0 amide bonds. The topological polar surface area (TPSA) is 41.8 Å². The molecular formula is C18H27BN2O3. The van der Waals surface area contributed by atoms with Crippen molar-refractivity contribution in [2.24, 2.45) is 5.92 Å². The SMILES string of the molecule is CC(C)N1C(C=O)C2C=C(B3OC(C)(C)C(C)(C)O3)C=CC3C2N31. The second-order valence-electron chi connectivity index (χ2n) is 8.65. The van der Waals surface area contributed by atoms with Gasteiger partial charge in [0.25, 0.3) is 0 Å². The van der Waals surface area contributed by atoms with Crippen molar-refractivity contribution >= 4 is 13.4 Å². The van der Waals surface area contributed by atoms with E-state index in [2.05, 4.69) is 69.8 Å². The van der Waals surface area contributed by atoms with Gasteiger partial charge in [0, 0.05) is 12.0 Å². The molecule has 6 heteroatoms. The summed E-state index contributed by atoms with van der Waals surface area (Å²) in [6.07, 6.45) is 7.67. The molecule has 4 rings (SSSR count). The number of carbonyl (C=O) groups is 1. The summed E-state index contributed by atoms with van der Waals surface area (Å²) in [5.74, 6) is 0.193. The van der Waals surface area contributed by atoms with Gasteiger partial charge in [-0.15, -0.1) is 0 Å². The van der Waals surface area contributed by atoms with Gasteiger partial charge >= 0.3 is 7.12 Å². The molecule has 5 nitrogen and oxygen atoms in total. The van der Waals surface area contributed by atoms with E-state index in [1.54, 1.807) is 0 Å². The van der Waals surface area contributed by atoms with Crippen LogP contribution >= 0.6 is 0 Å². The third-order valence-corrected chi connectivity index (χ3v) is 6.30. The second-order valence-corrected chi connectivity index (χ2v) is 8.65. The summed E-state index contributed by atoms with van der Waals surface area (Å²) in [6.45, 7) is 12.6. The van der Waals surface area contributed by atoms with Crippen LogP contribution in [-0.4, -0.2) is 58.8 Å². The fourth-order valence-corrected chi connectivity index (χ4v) is 4.29. The Morgan fingerprint density at radius 2 is 1.83 bits per heavy atom. The first-order valence-electron chi connectivity index (χ1n) is 8.95. The molecule has 130 valence electrons. The van der Waals surface area contributed by atoms with Gasteiger partial charge in [0.2, 0.25) is 0 Å². The zero-order valence-corrected chi connectivity index (χ0v) is 15.4. The smallest absolute Gasteiger partial charge is 0.399 e. The molecule has 0 spiro atoms. The average Bonchev–Trinajstić information content (AvgIpc) is 3.02. The minimum absolute atomic E-state index is 0.0939. The average molecular weight is 330 g/mol. The minimum atomic E-state index is -0.363. The molecule has 0 aromatic heterocycles. The lowest BCUT2D eigenvalue weighted by molar-refractivity contribution is -0.116. The normalized spacial score (nSPS) is 42.0. The zero-order chi connectivity index (χ0) is 17.4. The Bertz CT molecular complexity index is 612. The molecule has 0 saturated carbocycles. The van der Waals surface area contributed by atoms with Crippen LogP contribution in [0, 0.1) is 5.92 Å². The summed E-state index contributed by atoms with van der Waals surface area (Å²) in [4.78, 5) is 11.8. The molecule has 0 N–H and O–H groups in total. The third-order valence-electron chi connectivity index (χ3n) is 6.30. The van der Waals surface area contributed by atoms with Crippen LogP contribution in [0.1, 0.15) is 41.5 Å². The van der Waals surface area contributed by atoms with E-state index in [9.17, 15) is 4.79 Å². The van der Waals surface area contributed by atoms with Crippen LogP contribution in [0.2, 0.25) is 0 Å². The van der Waals surface area contributed by atoms with E-state index in [4.69, 9.17) is 9.31 Å². The number of aldehydes is 1. The summed E-state index contributed by atoms with van der Waals surface area (Å²) in [5, 5.41) is 4.59. The molecule has 4 aliphatic rings. The molecule has 0 bridgehead atoms. The number of fused-ring (bicyclic) bond motifs is 1. The summed E-state index contributed by atoms with van der Waals surface area (Å²) in [7, 11) is -0.363. The standard InChI is InChI=1S/C18H27BN2O3/c1-11(2)20-15(10-22)13-9-12(7-8-14-16(13)21(14)20)19-23-17(3,4)18(5,6)24-19/h7-11,13-16H,1-6H3. The van der Waals surface area contributed by atoms with E-state index in [0.717, 1.165) is 11.8 Å². The number of nitrogens with zero attached hydrogens (tertiary/aromatic N) is 2. The highest BCUT2D eigenvalue weighted by Crippen LogP contribution is 2.50. The van der Waals surface area contributed by atoms with Gasteiger partial charge in [-0.25, -0.2) is 10.0 Å². The molecule has 24 heavy (non-hydrogen) atoms. The monoisotopic (exact) mass is 330 g/mol. The van der Waals surface area contributed by atoms with Crippen LogP contribution in [0.15, 0.2) is 23.7 Å². The fraction of sp³-hybridized carbons (Fsp3) is 0.722. The van der Waals surface area contributed by atoms with Gasteiger partial charge in [-0.05, 0) is 47.0 Å². The molecule has 0 radical (unpaired) electrons. The Balaban J connectivity index is 1.64. The van der Waals surface area contributed by atoms with Crippen LogP contribution in [-0.2, 0) is 14.1 Å². The number of carbonyl (C=O) groups excluding carboxylic acids is 1. The molecular weight excluding hydrogens is 303 g/mol. The van der Waals surface area contributed by atoms with E-state index in [1.807, 2.05) is 0 Å². The predicted molar refractivity (Wildman–Crippen MR) is 93.0 cm³/mol. The molecule has 3 saturated heterocycles. The van der Waals surface area contributed by atoms with Gasteiger partial charge in [-0.2, -0.15) is 0 Å². The number of allylic oxidation sites excluding steroid dienone is 2. The minimum Gasteiger partial charge on any atom is -0.399 e. The maximum atomic E-state index is 11.8. The van der Waals surface area contributed by atoms with Gasteiger partial charge in [0.15, 0.2) is 0 Å². The Labute approximate surface area is 144 Å². The highest BCUT2D eigenvalue weighted by Gasteiger charge is 2.64. The zero-order valence-electron chi connectivity index (χ0n) is 15.4. The predicted octanol–water partition coefficient (Wildman–Crippen LogP) is 1.99. The van der Waals surface area contributed by atoms with E-state index in [-0.39, 0.29) is 30.3 Å². The second kappa shape index (κ2) is 5.04. The molecule has 3 heterocycles. The van der Waals surface area contributed by atoms with Gasteiger partial charge in [0.1, 0.15) is 6.29 Å². The van der Waals surface area contributed by atoms with Gasteiger partial charge in [-0.3, -0.25) is 0 Å². The van der Waals surface area contributed by atoms with Crippen LogP contribution in [0.3, 0.4) is 0 Å². The number of hydrogen-bond acceptors (Lipinski definition) is 5. The first-order chi connectivity index (χ1) is 11.2. The highest BCUT2D eigenvalue weighted by molar-refractivity contribution is 6.55. The van der Waals surface area contributed by atoms with Crippen LogP contribution in [0.25, 0.3) is 0 Å². The molecule has 5 unspecified atom stereocenters. The lowest BCUT2D eigenvalue weighted by Gasteiger charge is -2.32. The summed E-state index contributed by atoms with van der Waals surface area (Å²) < 4.78 is 12.4. The van der Waals surface area contributed by atoms with Crippen LogP contribution in [0.4, 0.5) is 0 Å². The van der Waals surface area contributed by atoms with Crippen molar-refractivity contribution in [3.63, 3.8) is 0 Å². The Hall–Kier alpha value is -0.945. The Morgan fingerprint density at radius 1 is 1.21 bits per heavy atom. The molecule has 3 aliphatic heterocycles. The maximum absolute atomic E-state index is 11.8. The van der Waals surface area contributed by atoms with Gasteiger partial charge in [0.05, 0.1) is 29.3 Å². The van der Waals surface area contributed by atoms with E-state index >= 15 is 0 Å².